The second-order valence-electron chi connectivity index (χ2n) is 7.85. The molecule has 1 heterocycles. The summed E-state index contributed by atoms with van der Waals surface area (Å²) in [4.78, 5) is 10.8. The number of aliphatic carboxylic acids is 1. The van der Waals surface area contributed by atoms with E-state index in [9.17, 15) is 4.79 Å². The highest BCUT2D eigenvalue weighted by molar-refractivity contribution is 6.78. The Balaban J connectivity index is 2.98. The number of rotatable bonds is 5. The zero-order chi connectivity index (χ0) is 17.3. The number of hydrogen-bond donors (Lipinski definition) is 2. The Kier molecular flexibility index (Phi) is 5.18. The van der Waals surface area contributed by atoms with Crippen molar-refractivity contribution in [2.75, 3.05) is 0 Å². The molecule has 0 saturated heterocycles. The molecule has 0 aliphatic rings. The normalized spacial score (nSPS) is 14.9. The molecule has 0 radical (unpaired) electrons. The first-order chi connectivity index (χ1) is 9.78. The van der Waals surface area contributed by atoms with E-state index >= 15 is 4.11 Å². The highest BCUT2D eigenvalue weighted by Crippen LogP contribution is 2.53. The van der Waals surface area contributed by atoms with Gasteiger partial charge >= 0.3 is 5.97 Å². The van der Waals surface area contributed by atoms with Crippen LogP contribution in [-0.4, -0.2) is 40.5 Å². The van der Waals surface area contributed by atoms with Gasteiger partial charge in [0.15, 0.2) is 0 Å². The predicted octanol–water partition coefficient (Wildman–Crippen LogP) is 2.29. The highest BCUT2D eigenvalue weighted by atomic mass is 28.4. The minimum atomic E-state index is -3.21. The van der Waals surface area contributed by atoms with Crippen molar-refractivity contribution in [3.8, 4) is 0 Å². The fourth-order valence-corrected chi connectivity index (χ4v) is 6.67. The maximum atomic E-state index is 15.8. The van der Waals surface area contributed by atoms with Crippen LogP contribution in [0.2, 0.25) is 10.1 Å². The number of hydrogen-bond acceptors (Lipinski definition) is 4. The number of carboxylic acids is 1. The number of carbonyl (C=O) groups is 1. The van der Waals surface area contributed by atoms with E-state index in [0.29, 0.717) is 5.69 Å². The molecule has 0 spiro atoms. The van der Waals surface area contributed by atoms with Crippen molar-refractivity contribution in [3.63, 3.8) is 0 Å². The lowest BCUT2D eigenvalue weighted by Crippen LogP contribution is -2.50. The molecule has 1 unspecified atom stereocenters. The van der Waals surface area contributed by atoms with Gasteiger partial charge in [-0.15, -0.1) is 5.10 Å². The van der Waals surface area contributed by atoms with Gasteiger partial charge in [-0.3, -0.25) is 9.48 Å². The van der Waals surface area contributed by atoms with Gasteiger partial charge in [-0.1, -0.05) is 46.8 Å². The fraction of sp³-hybridized carbons (Fsp3) is 0.786. The quantitative estimate of drug-likeness (QED) is 0.638. The smallest absolute Gasteiger partial charge is 0.322 e. The van der Waals surface area contributed by atoms with Crippen LogP contribution in [0.4, 0.5) is 4.11 Å². The molecule has 1 atom stereocenters. The standard InChI is InChI=1S/C14H27FN4O2Si/c1-13(2,3)22(15,14(4,5)6)9-10-7-19(18-17-10)8-11(16)12(20)21/h7,11H,8-9,16H2,1-6H3,(H,20,21). The summed E-state index contributed by atoms with van der Waals surface area (Å²) in [5, 5.41) is 15.8. The average Bonchev–Trinajstić information content (AvgIpc) is 2.73. The summed E-state index contributed by atoms with van der Waals surface area (Å²) in [6.07, 6.45) is 1.60. The molecule has 0 amide bonds. The van der Waals surface area contributed by atoms with Crippen LogP contribution in [0.3, 0.4) is 0 Å². The van der Waals surface area contributed by atoms with Gasteiger partial charge in [-0.05, 0) is 10.1 Å². The van der Waals surface area contributed by atoms with Gasteiger partial charge in [0.05, 0.1) is 12.2 Å². The molecule has 1 rings (SSSR count). The Morgan fingerprint density at radius 1 is 1.36 bits per heavy atom. The van der Waals surface area contributed by atoms with Gasteiger partial charge in [-0.25, -0.2) is 0 Å². The number of nitrogens with two attached hydrogens (primary N) is 1. The summed E-state index contributed by atoms with van der Waals surface area (Å²) in [6.45, 7) is 11.6. The van der Waals surface area contributed by atoms with E-state index in [1.54, 1.807) is 6.20 Å². The number of halogens is 1. The van der Waals surface area contributed by atoms with E-state index in [4.69, 9.17) is 10.8 Å². The number of nitrogens with zero attached hydrogens (tertiary/aromatic N) is 3. The zero-order valence-corrected chi connectivity index (χ0v) is 15.2. The van der Waals surface area contributed by atoms with Crippen molar-refractivity contribution in [2.24, 2.45) is 5.73 Å². The Bertz CT molecular complexity index is 520. The van der Waals surface area contributed by atoms with Crippen LogP contribution in [0.5, 0.6) is 0 Å². The van der Waals surface area contributed by atoms with Crippen molar-refractivity contribution < 1.29 is 14.0 Å². The zero-order valence-electron chi connectivity index (χ0n) is 14.2. The molecule has 0 saturated carbocycles. The molecular formula is C14H27FN4O2Si. The van der Waals surface area contributed by atoms with Crippen molar-refractivity contribution in [3.05, 3.63) is 11.9 Å². The molecule has 126 valence electrons. The monoisotopic (exact) mass is 330 g/mol. The van der Waals surface area contributed by atoms with E-state index in [2.05, 4.69) is 10.3 Å². The number of carboxylic acid groups (broad SMARTS) is 1. The molecule has 1 aromatic rings. The lowest BCUT2D eigenvalue weighted by Gasteiger charge is -2.44. The lowest BCUT2D eigenvalue weighted by molar-refractivity contribution is -0.138. The van der Waals surface area contributed by atoms with E-state index in [1.807, 2.05) is 41.5 Å². The third kappa shape index (κ3) is 3.92. The Morgan fingerprint density at radius 2 is 1.86 bits per heavy atom. The summed E-state index contributed by atoms with van der Waals surface area (Å²) in [7, 11) is -3.21. The van der Waals surface area contributed by atoms with Crippen LogP contribution in [-0.2, 0) is 17.4 Å². The van der Waals surface area contributed by atoms with Crippen molar-refractivity contribution in [1.29, 1.82) is 0 Å². The van der Waals surface area contributed by atoms with Gasteiger partial charge in [0.25, 0.3) is 8.41 Å². The minimum absolute atomic E-state index is 0.0220. The summed E-state index contributed by atoms with van der Waals surface area (Å²) in [5.41, 5.74) is 6.02. The lowest BCUT2D eigenvalue weighted by atomic mass is 10.2. The predicted molar refractivity (Wildman–Crippen MR) is 85.6 cm³/mol. The second-order valence-corrected chi connectivity index (χ2v) is 12.8. The third-order valence-electron chi connectivity index (χ3n) is 4.09. The molecular weight excluding hydrogens is 303 g/mol. The molecule has 0 aliphatic carbocycles. The molecule has 8 heteroatoms. The molecule has 0 bridgehead atoms. The minimum Gasteiger partial charge on any atom is -0.480 e. The summed E-state index contributed by atoms with van der Waals surface area (Å²) >= 11 is 0. The third-order valence-corrected chi connectivity index (χ3v) is 9.69. The van der Waals surface area contributed by atoms with Gasteiger partial charge in [0.2, 0.25) is 0 Å². The van der Waals surface area contributed by atoms with E-state index in [0.717, 1.165) is 0 Å². The second kappa shape index (κ2) is 6.08. The maximum absolute atomic E-state index is 15.8. The van der Waals surface area contributed by atoms with Crippen LogP contribution >= 0.6 is 0 Å². The van der Waals surface area contributed by atoms with E-state index in [1.165, 1.54) is 4.68 Å². The number of aromatic nitrogens is 3. The fourth-order valence-electron chi connectivity index (χ4n) is 2.69. The molecule has 22 heavy (non-hydrogen) atoms. The van der Waals surface area contributed by atoms with E-state index in [-0.39, 0.29) is 12.6 Å². The average molecular weight is 330 g/mol. The Labute approximate surface area is 132 Å². The first-order valence-corrected chi connectivity index (χ1v) is 9.43. The Morgan fingerprint density at radius 3 is 2.27 bits per heavy atom. The first-order valence-electron chi connectivity index (χ1n) is 7.34. The summed E-state index contributed by atoms with van der Waals surface area (Å²) in [6, 6.07) is -0.797. The van der Waals surface area contributed by atoms with Crippen LogP contribution < -0.4 is 5.73 Å². The van der Waals surface area contributed by atoms with Gasteiger partial charge in [0, 0.05) is 12.2 Å². The van der Waals surface area contributed by atoms with Gasteiger partial charge < -0.3 is 14.9 Å². The van der Waals surface area contributed by atoms with Crippen LogP contribution in [0.25, 0.3) is 0 Å². The largest absolute Gasteiger partial charge is 0.480 e. The SMILES string of the molecule is CC(C)(C)[Si](F)(Cc1cn(CC(N)C(=O)O)nn1)C(C)(C)C. The summed E-state index contributed by atoms with van der Waals surface area (Å²) < 4.78 is 17.2. The molecule has 3 N–H and O–H groups in total. The maximum Gasteiger partial charge on any atom is 0.322 e. The molecule has 6 nitrogen and oxygen atoms in total. The van der Waals surface area contributed by atoms with Crippen LogP contribution in [0.15, 0.2) is 6.20 Å². The molecule has 1 aromatic heterocycles. The molecule has 0 aliphatic heterocycles. The first kappa shape index (κ1) is 18.8. The van der Waals surface area contributed by atoms with Gasteiger partial charge in [-0.2, -0.15) is 0 Å². The van der Waals surface area contributed by atoms with E-state index < -0.39 is 30.5 Å². The van der Waals surface area contributed by atoms with Crippen LogP contribution in [0, 0.1) is 0 Å². The Hall–Kier alpha value is -1.28. The van der Waals surface area contributed by atoms with Crippen molar-refractivity contribution in [1.82, 2.24) is 15.0 Å². The molecule has 0 aromatic carbocycles. The van der Waals surface area contributed by atoms with Crippen molar-refractivity contribution >= 4 is 14.4 Å². The summed E-state index contributed by atoms with van der Waals surface area (Å²) in [5.74, 6) is -1.10. The molecule has 0 fully saturated rings. The van der Waals surface area contributed by atoms with Gasteiger partial charge in [0.1, 0.15) is 6.04 Å². The van der Waals surface area contributed by atoms with Crippen molar-refractivity contribution in [2.45, 2.75) is 70.2 Å². The highest BCUT2D eigenvalue weighted by Gasteiger charge is 2.55. The van der Waals surface area contributed by atoms with Crippen LogP contribution in [0.1, 0.15) is 47.2 Å². The topological polar surface area (TPSA) is 94.0 Å².